The van der Waals surface area contributed by atoms with Crippen molar-refractivity contribution < 1.29 is 47.3 Å². The number of likely N-dealkylation sites (tertiary alicyclic amines) is 1. The predicted octanol–water partition coefficient (Wildman–Crippen LogP) is 6.40. The van der Waals surface area contributed by atoms with E-state index in [4.69, 9.17) is 14.2 Å². The Morgan fingerprint density at radius 3 is 2.22 bits per heavy atom. The van der Waals surface area contributed by atoms with Gasteiger partial charge in [0.2, 0.25) is 11.4 Å². The van der Waals surface area contributed by atoms with Crippen molar-refractivity contribution in [3.8, 4) is 17.2 Å². The number of alkyl halides is 3. The molecular weight excluding hydrogens is 667 g/mol. The lowest BCUT2D eigenvalue weighted by Gasteiger charge is -2.39. The van der Waals surface area contributed by atoms with Crippen molar-refractivity contribution in [1.29, 1.82) is 0 Å². The number of hydrogen-bond acceptors (Lipinski definition) is 9. The molecule has 1 aliphatic rings. The fourth-order valence-corrected chi connectivity index (χ4v) is 6.79. The third-order valence-corrected chi connectivity index (χ3v) is 9.65. The normalized spacial score (nSPS) is 16.2. The van der Waals surface area contributed by atoms with E-state index >= 15 is 0 Å². The zero-order valence-corrected chi connectivity index (χ0v) is 27.8. The molecular formula is C34H36F3N3O8S. The standard InChI is InChI=1S/C34H36F3N3O8S/c1-46-28-15-22(31(49-3)32(41)42)16-29(47-2)30(28)48-24-11-13-38(14-12-24)20-33(43,34(35,36)37)26-19-39(18-21-7-5-4-6-8-21)27-17-23(40(44)45)9-10-25(26)27/h4-10,15-17,19,24,31,43H,11-14,18,20H2,1-3H3,(H,41,42). The molecule has 49 heavy (non-hydrogen) atoms. The van der Waals surface area contributed by atoms with Crippen LogP contribution in [0, 0.1) is 10.1 Å². The lowest BCUT2D eigenvalue weighted by Crippen LogP contribution is -2.53. The number of carboxylic acid groups (broad SMARTS) is 1. The lowest BCUT2D eigenvalue weighted by molar-refractivity contribution is -0.384. The van der Waals surface area contributed by atoms with E-state index in [0.29, 0.717) is 18.4 Å². The number of halogens is 3. The maximum Gasteiger partial charge on any atom is 0.422 e. The number of hydrogen-bond donors (Lipinski definition) is 2. The molecule has 1 aromatic heterocycles. The zero-order valence-electron chi connectivity index (χ0n) is 27.0. The third-order valence-electron chi connectivity index (χ3n) is 8.70. The summed E-state index contributed by atoms with van der Waals surface area (Å²) in [5.74, 6) is -0.255. The molecule has 0 spiro atoms. The number of aliphatic hydroxyl groups is 1. The monoisotopic (exact) mass is 703 g/mol. The summed E-state index contributed by atoms with van der Waals surface area (Å²) in [4.78, 5) is 24.2. The van der Waals surface area contributed by atoms with Crippen LogP contribution < -0.4 is 14.2 Å². The molecule has 1 saturated heterocycles. The van der Waals surface area contributed by atoms with E-state index in [-0.39, 0.29) is 53.5 Å². The summed E-state index contributed by atoms with van der Waals surface area (Å²) in [5, 5.41) is 31.9. The highest BCUT2D eigenvalue weighted by Gasteiger charge is 2.57. The lowest BCUT2D eigenvalue weighted by atomic mass is 9.91. The van der Waals surface area contributed by atoms with Crippen LogP contribution in [-0.4, -0.2) is 83.0 Å². The molecule has 0 radical (unpaired) electrons. The molecule has 4 aromatic rings. The van der Waals surface area contributed by atoms with Crippen LogP contribution in [0.4, 0.5) is 18.9 Å². The van der Waals surface area contributed by atoms with Gasteiger partial charge in [0.05, 0.1) is 24.7 Å². The van der Waals surface area contributed by atoms with Crippen LogP contribution in [-0.2, 0) is 16.9 Å². The predicted molar refractivity (Wildman–Crippen MR) is 178 cm³/mol. The van der Waals surface area contributed by atoms with Crippen molar-refractivity contribution in [2.24, 2.45) is 0 Å². The van der Waals surface area contributed by atoms with E-state index in [2.05, 4.69) is 0 Å². The van der Waals surface area contributed by atoms with Gasteiger partial charge in [-0.1, -0.05) is 30.3 Å². The molecule has 3 aromatic carbocycles. The molecule has 1 aliphatic heterocycles. The van der Waals surface area contributed by atoms with Crippen molar-refractivity contribution >= 4 is 34.3 Å². The number of aliphatic carboxylic acids is 1. The summed E-state index contributed by atoms with van der Waals surface area (Å²) in [6.45, 7) is -0.310. The number of ether oxygens (including phenoxy) is 3. The number of benzene rings is 3. The summed E-state index contributed by atoms with van der Waals surface area (Å²) in [7, 11) is 2.83. The first-order valence-electron chi connectivity index (χ1n) is 15.3. The summed E-state index contributed by atoms with van der Waals surface area (Å²) in [6, 6.07) is 15.7. The summed E-state index contributed by atoms with van der Waals surface area (Å²) in [5.41, 5.74) is -2.55. The van der Waals surface area contributed by atoms with E-state index in [1.165, 1.54) is 42.0 Å². The van der Waals surface area contributed by atoms with Crippen molar-refractivity contribution in [2.75, 3.05) is 40.1 Å². The number of nitrogens with zero attached hydrogens (tertiary/aromatic N) is 3. The second-order valence-electron chi connectivity index (χ2n) is 11.8. The van der Waals surface area contributed by atoms with Gasteiger partial charge in [-0.05, 0) is 48.4 Å². The van der Waals surface area contributed by atoms with Gasteiger partial charge in [0.1, 0.15) is 11.4 Å². The molecule has 5 rings (SSSR count). The van der Waals surface area contributed by atoms with Crippen LogP contribution in [0.1, 0.15) is 34.8 Å². The molecule has 2 unspecified atom stereocenters. The van der Waals surface area contributed by atoms with E-state index in [0.717, 1.165) is 23.4 Å². The van der Waals surface area contributed by atoms with Gasteiger partial charge in [-0.15, -0.1) is 11.8 Å². The first-order chi connectivity index (χ1) is 23.3. The van der Waals surface area contributed by atoms with Crippen LogP contribution in [0.15, 0.2) is 66.9 Å². The van der Waals surface area contributed by atoms with E-state index in [1.807, 2.05) is 0 Å². The summed E-state index contributed by atoms with van der Waals surface area (Å²) < 4.78 is 63.5. The fourth-order valence-electron chi connectivity index (χ4n) is 6.18. The van der Waals surface area contributed by atoms with E-state index < -0.39 is 46.1 Å². The number of piperidine rings is 1. The third kappa shape index (κ3) is 7.43. The van der Waals surface area contributed by atoms with Gasteiger partial charge >= 0.3 is 12.1 Å². The molecule has 1 fully saturated rings. The topological polar surface area (TPSA) is 137 Å². The van der Waals surface area contributed by atoms with Crippen LogP contribution in [0.5, 0.6) is 17.2 Å². The number of carbonyl (C=O) groups is 1. The SMILES string of the molecule is COc1cc(C(SC)C(=O)O)cc(OC)c1OC1CCN(CC(O)(c2cn(Cc3ccccc3)c3cc([N+](=O)[O-])ccc23)C(F)(F)F)CC1. The average molecular weight is 704 g/mol. The number of β-amino-alcohol motifs (C(OH)–C–C–N with tert-alkyl or cyclic N) is 1. The molecule has 2 heterocycles. The molecule has 0 aliphatic carbocycles. The molecule has 2 atom stereocenters. The van der Waals surface area contributed by atoms with Gasteiger partial charge in [0.25, 0.3) is 5.69 Å². The maximum atomic E-state index is 14.9. The Morgan fingerprint density at radius 1 is 1.06 bits per heavy atom. The smallest absolute Gasteiger partial charge is 0.422 e. The first-order valence-corrected chi connectivity index (χ1v) is 16.6. The Kier molecular flexibility index (Phi) is 10.6. The molecule has 0 amide bonds. The van der Waals surface area contributed by atoms with Crippen molar-refractivity contribution in [3.63, 3.8) is 0 Å². The average Bonchev–Trinajstić information content (AvgIpc) is 3.43. The second-order valence-corrected chi connectivity index (χ2v) is 12.7. The number of rotatable bonds is 13. The quantitative estimate of drug-likeness (QED) is 0.119. The maximum absolute atomic E-state index is 14.9. The molecule has 0 saturated carbocycles. The Bertz CT molecular complexity index is 1790. The molecule has 2 N–H and O–H groups in total. The number of nitro benzene ring substituents is 1. The van der Waals surface area contributed by atoms with E-state index in [1.54, 1.807) is 48.7 Å². The molecule has 0 bridgehead atoms. The highest BCUT2D eigenvalue weighted by molar-refractivity contribution is 7.99. The molecule has 15 heteroatoms. The van der Waals surface area contributed by atoms with Crippen LogP contribution in [0.25, 0.3) is 10.9 Å². The Balaban J connectivity index is 1.39. The molecule has 11 nitrogen and oxygen atoms in total. The minimum absolute atomic E-state index is 0.0637. The Hall–Kier alpha value is -4.47. The number of aromatic nitrogens is 1. The number of methoxy groups -OCH3 is 2. The van der Waals surface area contributed by atoms with Crippen molar-refractivity contribution in [3.05, 3.63) is 93.7 Å². The minimum Gasteiger partial charge on any atom is -0.493 e. The number of non-ortho nitro benzene ring substituents is 1. The van der Waals surface area contributed by atoms with Gasteiger partial charge in [-0.3, -0.25) is 19.8 Å². The Morgan fingerprint density at radius 2 is 1.69 bits per heavy atom. The summed E-state index contributed by atoms with van der Waals surface area (Å²) in [6.07, 6.45) is -1.99. The number of fused-ring (bicyclic) bond motifs is 1. The number of carboxylic acids is 1. The van der Waals surface area contributed by atoms with Gasteiger partial charge < -0.3 is 29.0 Å². The van der Waals surface area contributed by atoms with Crippen LogP contribution >= 0.6 is 11.8 Å². The highest BCUT2D eigenvalue weighted by atomic mass is 32.2. The largest absolute Gasteiger partial charge is 0.493 e. The van der Waals surface area contributed by atoms with Crippen molar-refractivity contribution in [1.82, 2.24) is 9.47 Å². The first kappa shape index (κ1) is 35.8. The van der Waals surface area contributed by atoms with Crippen LogP contribution in [0.3, 0.4) is 0 Å². The molecule has 262 valence electrons. The van der Waals surface area contributed by atoms with Crippen LogP contribution in [0.2, 0.25) is 0 Å². The van der Waals surface area contributed by atoms with Crippen molar-refractivity contribution in [2.45, 2.75) is 42.5 Å². The van der Waals surface area contributed by atoms with Gasteiger partial charge in [-0.25, -0.2) is 0 Å². The zero-order chi connectivity index (χ0) is 35.5. The second kappa shape index (κ2) is 14.6. The summed E-state index contributed by atoms with van der Waals surface area (Å²) >= 11 is 1.13. The fraction of sp³-hybridized carbons (Fsp3) is 0.382. The Labute approximate surface area is 284 Å². The number of thioether (sulfide) groups is 1. The number of nitro groups is 1. The van der Waals surface area contributed by atoms with Gasteiger partial charge in [-0.2, -0.15) is 13.2 Å². The van der Waals surface area contributed by atoms with Gasteiger partial charge in [0, 0.05) is 55.5 Å². The minimum atomic E-state index is -5.08. The highest BCUT2D eigenvalue weighted by Crippen LogP contribution is 2.46. The van der Waals surface area contributed by atoms with E-state index in [9.17, 15) is 38.3 Å². The van der Waals surface area contributed by atoms with Gasteiger partial charge in [0.15, 0.2) is 11.5 Å².